The molecule has 2 aromatic heterocycles. The van der Waals surface area contributed by atoms with Crippen LogP contribution in [0.3, 0.4) is 0 Å². The molecule has 0 radical (unpaired) electrons. The minimum atomic E-state index is -0.720. The summed E-state index contributed by atoms with van der Waals surface area (Å²) < 4.78 is 11.9. The third-order valence-corrected chi connectivity index (χ3v) is 4.35. The number of hydrogen-bond donors (Lipinski definition) is 0. The Morgan fingerprint density at radius 3 is 2.79 bits per heavy atom. The van der Waals surface area contributed by atoms with Crippen molar-refractivity contribution < 1.29 is 14.1 Å². The van der Waals surface area contributed by atoms with E-state index in [1.807, 2.05) is 30.3 Å². The van der Waals surface area contributed by atoms with Gasteiger partial charge in [0.05, 0.1) is 0 Å². The van der Waals surface area contributed by atoms with Gasteiger partial charge in [0.1, 0.15) is 6.33 Å². The number of hydrogen-bond acceptors (Lipinski definition) is 8. The van der Waals surface area contributed by atoms with Gasteiger partial charge in [-0.25, -0.2) is 9.48 Å². The van der Waals surface area contributed by atoms with E-state index < -0.39 is 12.0 Å². The molecule has 0 amide bonds. The molecule has 9 nitrogen and oxygen atoms in total. The first-order valence-electron chi connectivity index (χ1n) is 8.70. The Morgan fingerprint density at radius 2 is 2.03 bits per heavy atom. The normalized spacial score (nSPS) is 11.9. The topological polar surface area (TPSA) is 109 Å². The second-order valence-electron chi connectivity index (χ2n) is 6.13. The molecule has 0 aliphatic heterocycles. The number of esters is 1. The molecule has 0 unspecified atom stereocenters. The monoisotopic (exact) mass is 410 g/mol. The fourth-order valence-electron chi connectivity index (χ4n) is 2.72. The van der Waals surface area contributed by atoms with Crippen molar-refractivity contribution in [3.05, 3.63) is 77.4 Å². The number of rotatable bonds is 7. The van der Waals surface area contributed by atoms with Crippen LogP contribution in [0.1, 0.15) is 17.5 Å². The van der Waals surface area contributed by atoms with Crippen LogP contribution in [0, 0.1) is 0 Å². The van der Waals surface area contributed by atoms with Crippen molar-refractivity contribution in [1.29, 1.82) is 0 Å². The molecule has 4 rings (SSSR count). The van der Waals surface area contributed by atoms with E-state index in [1.54, 1.807) is 24.3 Å². The van der Waals surface area contributed by atoms with Crippen molar-refractivity contribution in [2.24, 2.45) is 0 Å². The summed E-state index contributed by atoms with van der Waals surface area (Å²) >= 11 is 5.98. The van der Waals surface area contributed by atoms with Gasteiger partial charge >= 0.3 is 5.97 Å². The zero-order chi connectivity index (χ0) is 20.1. The summed E-state index contributed by atoms with van der Waals surface area (Å²) in [5, 5.41) is 15.5. The van der Waals surface area contributed by atoms with Gasteiger partial charge in [-0.2, -0.15) is 4.98 Å². The summed E-state index contributed by atoms with van der Waals surface area (Å²) in [5.41, 5.74) is 1.65. The summed E-state index contributed by atoms with van der Waals surface area (Å²) in [5.74, 6) is 0.0204. The molecule has 0 bridgehead atoms. The van der Waals surface area contributed by atoms with E-state index in [2.05, 4.69) is 25.7 Å². The Labute approximate surface area is 170 Å². The SMILES string of the molecule is O=C(OCc1nc(-c2cccc(Cl)c2)no1)[C@H](Cc1ccccc1)n1cnnn1. The Balaban J connectivity index is 1.44. The molecule has 0 aliphatic rings. The molecule has 2 heterocycles. The number of ether oxygens (including phenoxy) is 1. The van der Waals surface area contributed by atoms with Crippen LogP contribution in [0.25, 0.3) is 11.4 Å². The highest BCUT2D eigenvalue weighted by molar-refractivity contribution is 6.30. The highest BCUT2D eigenvalue weighted by atomic mass is 35.5. The largest absolute Gasteiger partial charge is 0.454 e. The molecular formula is C19H15ClN6O3. The molecule has 0 aliphatic carbocycles. The molecule has 10 heteroatoms. The van der Waals surface area contributed by atoms with E-state index in [4.69, 9.17) is 20.9 Å². The zero-order valence-corrected chi connectivity index (χ0v) is 15.8. The Bertz CT molecular complexity index is 1080. The van der Waals surface area contributed by atoms with Gasteiger partial charge < -0.3 is 9.26 Å². The lowest BCUT2D eigenvalue weighted by Gasteiger charge is -2.14. The molecular weight excluding hydrogens is 396 g/mol. The van der Waals surface area contributed by atoms with Crippen molar-refractivity contribution in [3.8, 4) is 11.4 Å². The van der Waals surface area contributed by atoms with Gasteiger partial charge in [-0.3, -0.25) is 0 Å². The average Bonchev–Trinajstić information content (AvgIpc) is 3.43. The van der Waals surface area contributed by atoms with Crippen LogP contribution in [-0.2, 0) is 22.6 Å². The Morgan fingerprint density at radius 1 is 1.17 bits per heavy atom. The maximum Gasteiger partial charge on any atom is 0.331 e. The molecule has 0 fully saturated rings. The number of aromatic nitrogens is 6. The highest BCUT2D eigenvalue weighted by Gasteiger charge is 2.25. The summed E-state index contributed by atoms with van der Waals surface area (Å²) in [4.78, 5) is 16.9. The Hall–Kier alpha value is -3.59. The lowest BCUT2D eigenvalue weighted by Crippen LogP contribution is -2.24. The van der Waals surface area contributed by atoms with E-state index >= 15 is 0 Å². The van der Waals surface area contributed by atoms with Crippen LogP contribution in [0.5, 0.6) is 0 Å². The molecule has 0 saturated carbocycles. The van der Waals surface area contributed by atoms with Gasteiger partial charge in [-0.1, -0.05) is 59.2 Å². The standard InChI is InChI=1S/C19H15ClN6O3/c20-15-8-4-7-14(10-15)18-22-17(29-23-18)11-28-19(27)16(26-12-21-24-25-26)9-13-5-2-1-3-6-13/h1-8,10,12,16H,9,11H2/t16-/m0/s1. The maximum atomic E-state index is 12.7. The van der Waals surface area contributed by atoms with Crippen molar-refractivity contribution in [2.45, 2.75) is 19.1 Å². The van der Waals surface area contributed by atoms with Crippen LogP contribution in [0.4, 0.5) is 0 Å². The fourth-order valence-corrected chi connectivity index (χ4v) is 2.91. The third-order valence-electron chi connectivity index (χ3n) is 4.12. The number of carbonyl (C=O) groups excluding carboxylic acids is 1. The number of benzene rings is 2. The van der Waals surface area contributed by atoms with E-state index in [-0.39, 0.29) is 12.5 Å². The number of tetrazole rings is 1. The van der Waals surface area contributed by atoms with Gasteiger partial charge in [0.25, 0.3) is 5.89 Å². The third kappa shape index (κ3) is 4.64. The zero-order valence-electron chi connectivity index (χ0n) is 15.1. The highest BCUT2D eigenvalue weighted by Crippen LogP contribution is 2.21. The lowest BCUT2D eigenvalue weighted by molar-refractivity contribution is -0.150. The van der Waals surface area contributed by atoms with Crippen molar-refractivity contribution in [3.63, 3.8) is 0 Å². The minimum absolute atomic E-state index is 0.167. The van der Waals surface area contributed by atoms with E-state index in [0.29, 0.717) is 22.8 Å². The first kappa shape index (κ1) is 18.8. The van der Waals surface area contributed by atoms with Crippen LogP contribution in [-0.4, -0.2) is 36.3 Å². The molecule has 146 valence electrons. The molecule has 0 saturated heterocycles. The van der Waals surface area contributed by atoms with Gasteiger partial charge in [0.15, 0.2) is 12.6 Å². The van der Waals surface area contributed by atoms with Crippen LogP contribution < -0.4 is 0 Å². The number of carbonyl (C=O) groups is 1. The van der Waals surface area contributed by atoms with Crippen molar-refractivity contribution in [2.75, 3.05) is 0 Å². The van der Waals surface area contributed by atoms with Crippen LogP contribution in [0.15, 0.2) is 65.4 Å². The van der Waals surface area contributed by atoms with Gasteiger partial charge in [0, 0.05) is 17.0 Å². The Kier molecular flexibility index (Phi) is 5.57. The molecule has 0 N–H and O–H groups in total. The fraction of sp³-hybridized carbons (Fsp3) is 0.158. The second kappa shape index (κ2) is 8.61. The van der Waals surface area contributed by atoms with Gasteiger partial charge in [-0.05, 0) is 28.1 Å². The summed E-state index contributed by atoms with van der Waals surface area (Å²) in [6.45, 7) is -0.167. The minimum Gasteiger partial charge on any atom is -0.454 e. The molecule has 2 aromatic carbocycles. The molecule has 4 aromatic rings. The quantitative estimate of drug-likeness (QED) is 0.428. The lowest BCUT2D eigenvalue weighted by atomic mass is 10.1. The van der Waals surface area contributed by atoms with E-state index in [1.165, 1.54) is 11.0 Å². The van der Waals surface area contributed by atoms with Crippen LogP contribution >= 0.6 is 11.6 Å². The average molecular weight is 411 g/mol. The van der Waals surface area contributed by atoms with Gasteiger partial charge in [0.2, 0.25) is 5.82 Å². The van der Waals surface area contributed by atoms with E-state index in [0.717, 1.165) is 5.56 Å². The first-order valence-corrected chi connectivity index (χ1v) is 9.08. The summed E-state index contributed by atoms with van der Waals surface area (Å²) in [7, 11) is 0. The maximum absolute atomic E-state index is 12.7. The van der Waals surface area contributed by atoms with Crippen molar-refractivity contribution >= 4 is 17.6 Å². The predicted octanol–water partition coefficient (Wildman–Crippen LogP) is 2.90. The predicted molar refractivity (Wildman–Crippen MR) is 102 cm³/mol. The van der Waals surface area contributed by atoms with Gasteiger partial charge in [-0.15, -0.1) is 5.10 Å². The molecule has 29 heavy (non-hydrogen) atoms. The number of halogens is 1. The molecule has 0 spiro atoms. The second-order valence-corrected chi connectivity index (χ2v) is 6.56. The summed E-state index contributed by atoms with van der Waals surface area (Å²) in [6.07, 6.45) is 1.75. The van der Waals surface area contributed by atoms with E-state index in [9.17, 15) is 4.79 Å². The summed E-state index contributed by atoms with van der Waals surface area (Å²) in [6, 6.07) is 15.9. The smallest absolute Gasteiger partial charge is 0.331 e. The van der Waals surface area contributed by atoms with Crippen LogP contribution in [0.2, 0.25) is 5.02 Å². The number of nitrogens with zero attached hydrogens (tertiary/aromatic N) is 6. The first-order chi connectivity index (χ1) is 14.2. The molecule has 1 atom stereocenters. The van der Waals surface area contributed by atoms with Crippen molar-refractivity contribution in [1.82, 2.24) is 30.3 Å².